The molecule has 0 fully saturated rings. The Bertz CT molecular complexity index is 223. The van der Waals surface area contributed by atoms with Crippen LogP contribution in [0.1, 0.15) is 13.3 Å². The van der Waals surface area contributed by atoms with Gasteiger partial charge in [0.1, 0.15) is 5.75 Å². The second kappa shape index (κ2) is 4.19. The van der Waals surface area contributed by atoms with E-state index in [9.17, 15) is 5.11 Å². The lowest BCUT2D eigenvalue weighted by Gasteiger charge is -2.00. The summed E-state index contributed by atoms with van der Waals surface area (Å²) in [6.45, 7) is 2.19. The fourth-order valence-electron chi connectivity index (χ4n) is 1.09. The highest BCUT2D eigenvalue weighted by atomic mass is 28.2. The molecule has 1 nitrogen and oxygen atoms in total. The van der Waals surface area contributed by atoms with E-state index in [0.717, 1.165) is 0 Å². The highest BCUT2D eigenvalue weighted by Gasteiger charge is 1.97. The first kappa shape index (κ1) is 8.33. The lowest BCUT2D eigenvalue weighted by atomic mass is 10.3. The normalized spacial score (nSPS) is 11.0. The quantitative estimate of drug-likeness (QED) is 0.665. The first-order valence-corrected chi connectivity index (χ1v) is 5.82. The van der Waals surface area contributed by atoms with Crippen molar-refractivity contribution in [1.29, 1.82) is 0 Å². The topological polar surface area (TPSA) is 20.2 Å². The molecule has 0 saturated carbocycles. The summed E-state index contributed by atoms with van der Waals surface area (Å²) in [4.78, 5) is 0. The maximum Gasteiger partial charge on any atom is 0.114 e. The number of rotatable bonds is 3. The van der Waals surface area contributed by atoms with Gasteiger partial charge in [0, 0.05) is 0 Å². The Hall–Kier alpha value is -0.763. The molecular formula is C9H14OSi. The maximum absolute atomic E-state index is 9.37. The van der Waals surface area contributed by atoms with Crippen LogP contribution in [0.25, 0.3) is 0 Å². The van der Waals surface area contributed by atoms with Crippen molar-refractivity contribution in [2.24, 2.45) is 0 Å². The molecule has 11 heavy (non-hydrogen) atoms. The third kappa shape index (κ3) is 2.39. The first-order chi connectivity index (χ1) is 5.34. The van der Waals surface area contributed by atoms with Crippen molar-refractivity contribution in [3.05, 3.63) is 24.3 Å². The van der Waals surface area contributed by atoms with Gasteiger partial charge >= 0.3 is 0 Å². The third-order valence-electron chi connectivity index (χ3n) is 1.79. The van der Waals surface area contributed by atoms with E-state index in [1.165, 1.54) is 17.7 Å². The molecular weight excluding hydrogens is 152 g/mol. The molecule has 0 atom stereocenters. The smallest absolute Gasteiger partial charge is 0.114 e. The zero-order valence-corrected chi connectivity index (χ0v) is 8.29. The number of aromatic hydroxyl groups is 1. The minimum absolute atomic E-state index is 0.190. The molecule has 2 heteroatoms. The third-order valence-corrected chi connectivity index (χ3v) is 3.99. The first-order valence-electron chi connectivity index (χ1n) is 4.11. The van der Waals surface area contributed by atoms with Crippen LogP contribution < -0.4 is 5.19 Å². The fraction of sp³-hybridized carbons (Fsp3) is 0.333. The molecule has 0 aliphatic rings. The minimum atomic E-state index is -0.190. The average molecular weight is 166 g/mol. The summed E-state index contributed by atoms with van der Waals surface area (Å²) in [5, 5.41) is 10.6. The van der Waals surface area contributed by atoms with Crippen LogP contribution in [0.4, 0.5) is 0 Å². The molecule has 0 aliphatic carbocycles. The predicted octanol–water partition coefficient (Wildman–Crippen LogP) is 1.01. The summed E-state index contributed by atoms with van der Waals surface area (Å²) < 4.78 is 0. The predicted molar refractivity (Wildman–Crippen MR) is 51.4 cm³/mol. The zero-order valence-electron chi connectivity index (χ0n) is 6.88. The fourth-order valence-corrected chi connectivity index (χ4v) is 2.50. The zero-order chi connectivity index (χ0) is 8.10. The molecule has 0 heterocycles. The Morgan fingerprint density at radius 1 is 1.36 bits per heavy atom. The summed E-state index contributed by atoms with van der Waals surface area (Å²) in [6.07, 6.45) is 1.24. The number of para-hydroxylation sites is 1. The van der Waals surface area contributed by atoms with Gasteiger partial charge in [-0.1, -0.05) is 37.6 Å². The average Bonchev–Trinajstić information content (AvgIpc) is 2.03. The van der Waals surface area contributed by atoms with Gasteiger partial charge in [-0.15, -0.1) is 0 Å². The molecule has 0 aromatic heterocycles. The Morgan fingerprint density at radius 2 is 2.09 bits per heavy atom. The van der Waals surface area contributed by atoms with Gasteiger partial charge in [-0.2, -0.15) is 0 Å². The number of phenolic OH excluding ortho intramolecular Hbond substituents is 1. The van der Waals surface area contributed by atoms with Gasteiger partial charge in [-0.3, -0.25) is 0 Å². The molecule has 0 saturated heterocycles. The van der Waals surface area contributed by atoms with Gasteiger partial charge in [-0.05, 0) is 11.3 Å². The second-order valence-electron chi connectivity index (χ2n) is 2.73. The van der Waals surface area contributed by atoms with Crippen molar-refractivity contribution in [2.75, 3.05) is 0 Å². The van der Waals surface area contributed by atoms with Gasteiger partial charge < -0.3 is 5.11 Å². The number of phenols is 1. The van der Waals surface area contributed by atoms with E-state index in [0.29, 0.717) is 5.75 Å². The van der Waals surface area contributed by atoms with Crippen LogP contribution in [0.15, 0.2) is 24.3 Å². The Labute approximate surface area is 69.9 Å². The van der Waals surface area contributed by atoms with Crippen molar-refractivity contribution in [1.82, 2.24) is 0 Å². The molecule has 1 rings (SSSR count). The summed E-state index contributed by atoms with van der Waals surface area (Å²) >= 11 is 0. The summed E-state index contributed by atoms with van der Waals surface area (Å²) in [5.74, 6) is 0.493. The van der Waals surface area contributed by atoms with Crippen molar-refractivity contribution in [3.8, 4) is 5.75 Å². The van der Waals surface area contributed by atoms with E-state index in [-0.39, 0.29) is 9.52 Å². The van der Waals surface area contributed by atoms with Crippen molar-refractivity contribution in [3.63, 3.8) is 0 Å². The second-order valence-corrected chi connectivity index (χ2v) is 4.70. The molecule has 0 bridgehead atoms. The molecule has 1 aromatic rings. The van der Waals surface area contributed by atoms with Crippen LogP contribution >= 0.6 is 0 Å². The molecule has 0 spiro atoms. The van der Waals surface area contributed by atoms with Crippen LogP contribution in [-0.2, 0) is 0 Å². The van der Waals surface area contributed by atoms with Crippen molar-refractivity contribution in [2.45, 2.75) is 19.4 Å². The molecule has 60 valence electrons. The molecule has 0 aliphatic heterocycles. The number of hydrogen-bond acceptors (Lipinski definition) is 1. The van der Waals surface area contributed by atoms with Crippen molar-refractivity contribution >= 4 is 14.7 Å². The largest absolute Gasteiger partial charge is 0.508 e. The minimum Gasteiger partial charge on any atom is -0.508 e. The van der Waals surface area contributed by atoms with Crippen LogP contribution in [0.5, 0.6) is 5.75 Å². The van der Waals surface area contributed by atoms with Gasteiger partial charge in [0.15, 0.2) is 0 Å². The Balaban J connectivity index is 2.62. The summed E-state index contributed by atoms with van der Waals surface area (Å²) in [5.41, 5.74) is 0. The molecule has 0 unspecified atom stereocenters. The summed E-state index contributed by atoms with van der Waals surface area (Å²) in [6, 6.07) is 8.98. The highest BCUT2D eigenvalue weighted by Crippen LogP contribution is 2.02. The molecule has 1 N–H and O–H groups in total. The van der Waals surface area contributed by atoms with Crippen LogP contribution in [0.3, 0.4) is 0 Å². The lowest BCUT2D eigenvalue weighted by Crippen LogP contribution is -2.12. The molecule has 0 radical (unpaired) electrons. The van der Waals surface area contributed by atoms with Crippen molar-refractivity contribution < 1.29 is 5.11 Å². The molecule has 1 aromatic carbocycles. The van der Waals surface area contributed by atoms with E-state index in [1.807, 2.05) is 18.2 Å². The van der Waals surface area contributed by atoms with Crippen LogP contribution in [0, 0.1) is 0 Å². The van der Waals surface area contributed by atoms with E-state index < -0.39 is 0 Å². The van der Waals surface area contributed by atoms with E-state index in [2.05, 4.69) is 6.92 Å². The van der Waals surface area contributed by atoms with E-state index >= 15 is 0 Å². The number of benzene rings is 1. The van der Waals surface area contributed by atoms with Crippen LogP contribution in [-0.4, -0.2) is 14.6 Å². The molecule has 0 amide bonds. The van der Waals surface area contributed by atoms with Gasteiger partial charge in [0.05, 0.1) is 9.52 Å². The highest BCUT2D eigenvalue weighted by molar-refractivity contribution is 6.54. The van der Waals surface area contributed by atoms with Gasteiger partial charge in [-0.25, -0.2) is 0 Å². The van der Waals surface area contributed by atoms with Gasteiger partial charge in [0.25, 0.3) is 0 Å². The van der Waals surface area contributed by atoms with Gasteiger partial charge in [0.2, 0.25) is 0 Å². The lowest BCUT2D eigenvalue weighted by molar-refractivity contribution is 0.479. The van der Waals surface area contributed by atoms with E-state index in [1.54, 1.807) is 6.07 Å². The Kier molecular flexibility index (Phi) is 3.17. The summed E-state index contributed by atoms with van der Waals surface area (Å²) in [7, 11) is -0.190. The van der Waals surface area contributed by atoms with E-state index in [4.69, 9.17) is 0 Å². The Morgan fingerprint density at radius 3 is 2.73 bits per heavy atom. The SMILES string of the molecule is CCC[SiH2]c1ccccc1O. The standard InChI is InChI=1S/C9H14OSi/c1-2-7-11-9-6-4-3-5-8(9)10/h3-6,10H,2,7,11H2,1H3. The van der Waals surface area contributed by atoms with Crippen LogP contribution in [0.2, 0.25) is 6.04 Å². The maximum atomic E-state index is 9.37. The monoisotopic (exact) mass is 166 g/mol. The number of hydrogen-bond donors (Lipinski definition) is 1.